The van der Waals surface area contributed by atoms with E-state index in [0.717, 1.165) is 32.4 Å². The van der Waals surface area contributed by atoms with Crippen molar-refractivity contribution in [3.05, 3.63) is 12.2 Å². The summed E-state index contributed by atoms with van der Waals surface area (Å²) in [5.41, 5.74) is 0. The molecule has 0 aliphatic heterocycles. The van der Waals surface area contributed by atoms with Gasteiger partial charge in [-0.3, -0.25) is 0 Å². The molecule has 2 amide bonds. The number of urea groups is 1. The molecule has 4 nitrogen and oxygen atoms in total. The summed E-state index contributed by atoms with van der Waals surface area (Å²) in [5, 5.41) is 9.16. The molecular weight excluding hydrogens is 358 g/mol. The number of unbranched alkanes of at least 4 members (excludes halogenated alkanes) is 12. The van der Waals surface area contributed by atoms with Gasteiger partial charge in [0.1, 0.15) is 0 Å². The lowest BCUT2D eigenvalue weighted by Gasteiger charge is -2.14. The Balaban J connectivity index is 3.25. The fourth-order valence-corrected chi connectivity index (χ4v) is 3.55. The summed E-state index contributed by atoms with van der Waals surface area (Å²) in [6, 6.07) is 0.467. The van der Waals surface area contributed by atoms with Crippen molar-refractivity contribution in [2.24, 2.45) is 0 Å². The second-order valence-corrected chi connectivity index (χ2v) is 8.30. The third kappa shape index (κ3) is 21.5. The smallest absolute Gasteiger partial charge is 0.314 e. The van der Waals surface area contributed by atoms with E-state index in [9.17, 15) is 4.79 Å². The molecule has 0 fully saturated rings. The van der Waals surface area contributed by atoms with E-state index >= 15 is 0 Å². The Kier molecular flexibility index (Phi) is 22.4. The van der Waals surface area contributed by atoms with E-state index in [1.165, 1.54) is 83.5 Å². The number of hydrogen-bond acceptors (Lipinski definition) is 2. The predicted octanol–water partition coefficient (Wildman–Crippen LogP) is 6.71. The maximum Gasteiger partial charge on any atom is 0.314 e. The van der Waals surface area contributed by atoms with E-state index in [-0.39, 0.29) is 6.03 Å². The van der Waals surface area contributed by atoms with Gasteiger partial charge in [0.2, 0.25) is 0 Å². The molecule has 0 aromatic heterocycles. The Morgan fingerprint density at radius 3 is 1.79 bits per heavy atom. The van der Waals surface area contributed by atoms with Crippen molar-refractivity contribution < 1.29 is 4.79 Å². The largest absolute Gasteiger partial charge is 0.338 e. The summed E-state index contributed by atoms with van der Waals surface area (Å²) in [7, 11) is 1.97. The number of allylic oxidation sites excluding steroid dienone is 2. The Labute approximate surface area is 182 Å². The number of hydrogen-bond donors (Lipinski definition) is 3. The third-order valence-corrected chi connectivity index (χ3v) is 5.65. The van der Waals surface area contributed by atoms with Crippen molar-refractivity contribution in [3.63, 3.8) is 0 Å². The van der Waals surface area contributed by atoms with Gasteiger partial charge in [0, 0.05) is 19.1 Å². The van der Waals surface area contributed by atoms with Gasteiger partial charge >= 0.3 is 6.03 Å². The van der Waals surface area contributed by atoms with E-state index in [2.05, 4.69) is 41.9 Å². The van der Waals surface area contributed by atoms with Gasteiger partial charge in [0.05, 0.1) is 0 Å². The number of carbonyl (C=O) groups is 1. The molecule has 4 heteroatoms. The molecule has 172 valence electrons. The molecular formula is C25H51N3O. The van der Waals surface area contributed by atoms with Gasteiger partial charge in [0.15, 0.2) is 0 Å². The molecule has 0 rings (SSSR count). The van der Waals surface area contributed by atoms with Gasteiger partial charge < -0.3 is 16.0 Å². The van der Waals surface area contributed by atoms with Crippen molar-refractivity contribution in [1.29, 1.82) is 0 Å². The molecule has 1 unspecified atom stereocenters. The summed E-state index contributed by atoms with van der Waals surface area (Å²) in [6.07, 6.45) is 25.2. The van der Waals surface area contributed by atoms with Gasteiger partial charge in [-0.1, -0.05) is 83.8 Å². The molecule has 1 atom stereocenters. The number of amides is 2. The molecule has 0 bridgehead atoms. The molecule has 0 aliphatic carbocycles. The molecule has 0 heterocycles. The predicted molar refractivity (Wildman–Crippen MR) is 129 cm³/mol. The molecule has 0 aliphatic rings. The molecule has 0 aromatic carbocycles. The van der Waals surface area contributed by atoms with Crippen LogP contribution in [0.25, 0.3) is 0 Å². The van der Waals surface area contributed by atoms with Crippen LogP contribution < -0.4 is 16.0 Å². The van der Waals surface area contributed by atoms with Gasteiger partial charge in [0.25, 0.3) is 0 Å². The van der Waals surface area contributed by atoms with Crippen molar-refractivity contribution >= 4 is 6.03 Å². The summed E-state index contributed by atoms with van der Waals surface area (Å²) >= 11 is 0. The van der Waals surface area contributed by atoms with Crippen molar-refractivity contribution in [3.8, 4) is 0 Å². The first kappa shape index (κ1) is 28.0. The summed E-state index contributed by atoms with van der Waals surface area (Å²) in [4.78, 5) is 11.7. The van der Waals surface area contributed by atoms with E-state index in [4.69, 9.17) is 0 Å². The topological polar surface area (TPSA) is 53.2 Å². The van der Waals surface area contributed by atoms with Crippen LogP contribution in [-0.2, 0) is 0 Å². The third-order valence-electron chi connectivity index (χ3n) is 5.65. The van der Waals surface area contributed by atoms with Crippen LogP contribution in [0.5, 0.6) is 0 Å². The number of nitrogens with one attached hydrogen (secondary N) is 3. The Bertz CT molecular complexity index is 367. The number of rotatable bonds is 21. The number of carbonyl (C=O) groups excluding carboxylic acids is 1. The SMILES string of the molecule is CCCCCCCC/C=C\CCCCCCCCNC(=O)NCCC(CC)NC. The van der Waals surface area contributed by atoms with Crippen LogP contribution >= 0.6 is 0 Å². The Morgan fingerprint density at radius 1 is 0.724 bits per heavy atom. The van der Waals surface area contributed by atoms with Gasteiger partial charge in [-0.2, -0.15) is 0 Å². The highest BCUT2D eigenvalue weighted by atomic mass is 16.2. The van der Waals surface area contributed by atoms with E-state index < -0.39 is 0 Å². The van der Waals surface area contributed by atoms with Crippen LogP contribution in [0, 0.1) is 0 Å². The highest BCUT2D eigenvalue weighted by Crippen LogP contribution is 2.09. The zero-order valence-corrected chi connectivity index (χ0v) is 19.9. The van der Waals surface area contributed by atoms with Crippen LogP contribution in [0.3, 0.4) is 0 Å². The summed E-state index contributed by atoms with van der Waals surface area (Å²) in [6.45, 7) is 5.96. The van der Waals surface area contributed by atoms with Crippen molar-refractivity contribution in [1.82, 2.24) is 16.0 Å². The second-order valence-electron chi connectivity index (χ2n) is 8.30. The van der Waals surface area contributed by atoms with Crippen molar-refractivity contribution in [2.75, 3.05) is 20.1 Å². The first-order chi connectivity index (χ1) is 14.2. The van der Waals surface area contributed by atoms with E-state index in [1.54, 1.807) is 0 Å². The Hall–Kier alpha value is -1.03. The van der Waals surface area contributed by atoms with E-state index in [0.29, 0.717) is 6.04 Å². The van der Waals surface area contributed by atoms with E-state index in [1.807, 2.05) is 7.05 Å². The molecule has 0 saturated heterocycles. The molecule has 0 radical (unpaired) electrons. The lowest BCUT2D eigenvalue weighted by molar-refractivity contribution is 0.240. The fraction of sp³-hybridized carbons (Fsp3) is 0.880. The lowest BCUT2D eigenvalue weighted by atomic mass is 10.1. The van der Waals surface area contributed by atoms with Crippen LogP contribution in [0.1, 0.15) is 117 Å². The first-order valence-corrected chi connectivity index (χ1v) is 12.6. The summed E-state index contributed by atoms with van der Waals surface area (Å²) in [5.74, 6) is 0. The highest BCUT2D eigenvalue weighted by molar-refractivity contribution is 5.73. The van der Waals surface area contributed by atoms with Crippen molar-refractivity contribution in [2.45, 2.75) is 123 Å². The average Bonchev–Trinajstić information content (AvgIpc) is 2.73. The summed E-state index contributed by atoms with van der Waals surface area (Å²) < 4.78 is 0. The van der Waals surface area contributed by atoms with Gasteiger partial charge in [-0.05, 0) is 52.0 Å². The molecule has 29 heavy (non-hydrogen) atoms. The van der Waals surface area contributed by atoms with Crippen LogP contribution in [0.4, 0.5) is 4.79 Å². The fourth-order valence-electron chi connectivity index (χ4n) is 3.55. The Morgan fingerprint density at radius 2 is 1.24 bits per heavy atom. The molecule has 3 N–H and O–H groups in total. The molecule has 0 spiro atoms. The van der Waals surface area contributed by atoms with Gasteiger partial charge in [-0.15, -0.1) is 0 Å². The maximum atomic E-state index is 11.7. The maximum absolute atomic E-state index is 11.7. The zero-order chi connectivity index (χ0) is 21.4. The zero-order valence-electron chi connectivity index (χ0n) is 19.9. The molecule has 0 aromatic rings. The van der Waals surface area contributed by atoms with Crippen LogP contribution in [-0.4, -0.2) is 32.2 Å². The minimum atomic E-state index is -0.0243. The monoisotopic (exact) mass is 409 g/mol. The average molecular weight is 410 g/mol. The normalized spacial score (nSPS) is 12.4. The highest BCUT2D eigenvalue weighted by Gasteiger charge is 2.04. The standard InChI is InChI=1S/C25H51N3O/c1-4-6-7-8-9-10-11-12-13-14-15-16-17-18-19-20-22-27-25(29)28-23-21-24(5-2)26-3/h12-13,24,26H,4-11,14-23H2,1-3H3,(H2,27,28,29)/b13-12-. The first-order valence-electron chi connectivity index (χ1n) is 12.6. The van der Waals surface area contributed by atoms with Crippen LogP contribution in [0.2, 0.25) is 0 Å². The second kappa shape index (κ2) is 23.3. The quantitative estimate of drug-likeness (QED) is 0.146. The minimum Gasteiger partial charge on any atom is -0.338 e. The minimum absolute atomic E-state index is 0.0243. The molecule has 0 saturated carbocycles. The lowest BCUT2D eigenvalue weighted by Crippen LogP contribution is -2.38. The van der Waals surface area contributed by atoms with Gasteiger partial charge in [-0.25, -0.2) is 4.79 Å². The van der Waals surface area contributed by atoms with Crippen LogP contribution in [0.15, 0.2) is 12.2 Å².